The number of carboxylic acid groups (broad SMARTS) is 1. The Kier molecular flexibility index (Phi) is 4.83. The van der Waals surface area contributed by atoms with Gasteiger partial charge < -0.3 is 10.4 Å². The van der Waals surface area contributed by atoms with Crippen LogP contribution < -0.4 is 5.32 Å². The zero-order chi connectivity index (χ0) is 15.4. The molecule has 108 valence electrons. The summed E-state index contributed by atoms with van der Waals surface area (Å²) in [4.78, 5) is 22.7. The van der Waals surface area contributed by atoms with Crippen molar-refractivity contribution >= 4 is 40.8 Å². The first kappa shape index (κ1) is 15.4. The molecule has 0 saturated heterocycles. The molecule has 1 amide bonds. The van der Waals surface area contributed by atoms with Gasteiger partial charge in [-0.3, -0.25) is 4.79 Å². The van der Waals surface area contributed by atoms with Gasteiger partial charge in [-0.25, -0.2) is 4.79 Å². The Morgan fingerprint density at radius 2 is 1.57 bits per heavy atom. The molecular formula is C15H11Cl2NO3. The summed E-state index contributed by atoms with van der Waals surface area (Å²) in [5, 5.41) is 12.3. The summed E-state index contributed by atoms with van der Waals surface area (Å²) in [5.74, 6) is -1.30. The van der Waals surface area contributed by atoms with Crippen LogP contribution in [0.25, 0.3) is 0 Å². The van der Waals surface area contributed by atoms with Gasteiger partial charge in [0.25, 0.3) is 0 Å². The molecule has 6 heteroatoms. The molecule has 2 rings (SSSR count). The topological polar surface area (TPSA) is 66.4 Å². The minimum Gasteiger partial charge on any atom is -0.478 e. The van der Waals surface area contributed by atoms with E-state index in [4.69, 9.17) is 28.3 Å². The van der Waals surface area contributed by atoms with Crippen molar-refractivity contribution in [2.75, 3.05) is 5.32 Å². The molecular weight excluding hydrogens is 313 g/mol. The molecule has 0 spiro atoms. The number of anilines is 1. The first-order chi connectivity index (χ1) is 9.97. The summed E-state index contributed by atoms with van der Waals surface area (Å²) in [5.41, 5.74) is 1.22. The average molecular weight is 324 g/mol. The third-order valence-corrected chi connectivity index (χ3v) is 3.52. The molecule has 0 saturated carbocycles. The minimum atomic E-state index is -1.02. The lowest BCUT2D eigenvalue weighted by molar-refractivity contribution is -0.115. The van der Waals surface area contributed by atoms with Gasteiger partial charge in [-0.1, -0.05) is 29.3 Å². The second-order valence-electron chi connectivity index (χ2n) is 4.31. The quantitative estimate of drug-likeness (QED) is 0.897. The van der Waals surface area contributed by atoms with Gasteiger partial charge >= 0.3 is 5.97 Å². The van der Waals surface area contributed by atoms with Gasteiger partial charge in [-0.15, -0.1) is 0 Å². The number of halogens is 2. The zero-order valence-corrected chi connectivity index (χ0v) is 12.3. The number of hydrogen-bond acceptors (Lipinski definition) is 2. The number of aromatic carboxylic acids is 1. The van der Waals surface area contributed by atoms with Crippen molar-refractivity contribution in [1.29, 1.82) is 0 Å². The molecule has 2 N–H and O–H groups in total. The maximum Gasteiger partial charge on any atom is 0.335 e. The molecule has 2 aromatic carbocycles. The molecule has 2 aromatic rings. The zero-order valence-electron chi connectivity index (χ0n) is 10.8. The smallest absolute Gasteiger partial charge is 0.335 e. The first-order valence-corrected chi connectivity index (χ1v) is 6.79. The van der Waals surface area contributed by atoms with Crippen molar-refractivity contribution in [2.24, 2.45) is 0 Å². The van der Waals surface area contributed by atoms with Crippen LogP contribution in [0.5, 0.6) is 0 Å². The Bertz CT molecular complexity index is 664. The number of carbonyl (C=O) groups excluding carboxylic acids is 1. The Labute approximate surface area is 131 Å². The number of carbonyl (C=O) groups is 2. The monoisotopic (exact) mass is 323 g/mol. The van der Waals surface area contributed by atoms with E-state index < -0.39 is 5.97 Å². The van der Waals surface area contributed by atoms with Crippen LogP contribution in [0.1, 0.15) is 15.9 Å². The molecule has 4 nitrogen and oxygen atoms in total. The van der Waals surface area contributed by atoms with Crippen molar-refractivity contribution < 1.29 is 14.7 Å². The van der Waals surface area contributed by atoms with Crippen LogP contribution in [0.2, 0.25) is 10.0 Å². The van der Waals surface area contributed by atoms with Crippen LogP contribution >= 0.6 is 23.2 Å². The van der Waals surface area contributed by atoms with E-state index in [0.717, 1.165) is 0 Å². The molecule has 0 radical (unpaired) electrons. The standard InChI is InChI=1S/C15H11Cl2NO3/c16-12-2-1-3-13(17)11(12)8-14(19)18-10-6-4-9(5-7-10)15(20)21/h1-7H,8H2,(H,18,19)(H,20,21). The highest BCUT2D eigenvalue weighted by Gasteiger charge is 2.11. The van der Waals surface area contributed by atoms with E-state index in [2.05, 4.69) is 5.32 Å². The van der Waals surface area contributed by atoms with Gasteiger partial charge in [-0.05, 0) is 42.0 Å². The predicted molar refractivity (Wildman–Crippen MR) is 82.2 cm³/mol. The lowest BCUT2D eigenvalue weighted by Crippen LogP contribution is -2.15. The number of amides is 1. The van der Waals surface area contributed by atoms with Crippen LogP contribution in [-0.2, 0) is 11.2 Å². The van der Waals surface area contributed by atoms with Crippen molar-refractivity contribution in [3.05, 3.63) is 63.6 Å². The fraction of sp³-hybridized carbons (Fsp3) is 0.0667. The summed E-state index contributed by atoms with van der Waals surface area (Å²) in [7, 11) is 0. The summed E-state index contributed by atoms with van der Waals surface area (Å²) >= 11 is 12.0. The van der Waals surface area contributed by atoms with Crippen molar-refractivity contribution in [1.82, 2.24) is 0 Å². The van der Waals surface area contributed by atoms with E-state index >= 15 is 0 Å². The average Bonchev–Trinajstić information content (AvgIpc) is 2.43. The van der Waals surface area contributed by atoms with E-state index in [1.165, 1.54) is 24.3 Å². The molecule has 0 atom stereocenters. The minimum absolute atomic E-state index is 0.0409. The van der Waals surface area contributed by atoms with Crippen LogP contribution in [0, 0.1) is 0 Å². The van der Waals surface area contributed by atoms with Gasteiger partial charge in [0.15, 0.2) is 0 Å². The molecule has 0 aliphatic carbocycles. The van der Waals surface area contributed by atoms with Gasteiger partial charge in [-0.2, -0.15) is 0 Å². The molecule has 21 heavy (non-hydrogen) atoms. The summed E-state index contributed by atoms with van der Waals surface area (Å²) in [6.07, 6.45) is 0.0409. The largest absolute Gasteiger partial charge is 0.478 e. The molecule has 0 aliphatic rings. The molecule has 0 unspecified atom stereocenters. The maximum absolute atomic E-state index is 12.0. The van der Waals surface area contributed by atoms with Gasteiger partial charge in [0.2, 0.25) is 5.91 Å². The molecule has 0 aliphatic heterocycles. The highest BCUT2D eigenvalue weighted by Crippen LogP contribution is 2.25. The Morgan fingerprint density at radius 3 is 2.10 bits per heavy atom. The van der Waals surface area contributed by atoms with E-state index in [-0.39, 0.29) is 17.9 Å². The number of carboxylic acids is 1. The molecule has 0 heterocycles. The van der Waals surface area contributed by atoms with Crippen LogP contribution in [-0.4, -0.2) is 17.0 Å². The van der Waals surface area contributed by atoms with Crippen molar-refractivity contribution in [2.45, 2.75) is 6.42 Å². The van der Waals surface area contributed by atoms with E-state index in [0.29, 0.717) is 21.3 Å². The normalized spacial score (nSPS) is 10.2. The number of rotatable bonds is 4. The summed E-state index contributed by atoms with van der Waals surface area (Å²) in [6.45, 7) is 0. The van der Waals surface area contributed by atoms with Crippen molar-refractivity contribution in [3.8, 4) is 0 Å². The van der Waals surface area contributed by atoms with Crippen molar-refractivity contribution in [3.63, 3.8) is 0 Å². The van der Waals surface area contributed by atoms with Gasteiger partial charge in [0.05, 0.1) is 12.0 Å². The molecule has 0 bridgehead atoms. The predicted octanol–water partition coefficient (Wildman–Crippen LogP) is 3.87. The third-order valence-electron chi connectivity index (χ3n) is 2.81. The van der Waals surface area contributed by atoms with Gasteiger partial charge in [0, 0.05) is 15.7 Å². The number of benzene rings is 2. The number of nitrogens with one attached hydrogen (secondary N) is 1. The van der Waals surface area contributed by atoms with Gasteiger partial charge in [0.1, 0.15) is 0 Å². The Hall–Kier alpha value is -2.04. The van der Waals surface area contributed by atoms with Crippen LogP contribution in [0.3, 0.4) is 0 Å². The number of hydrogen-bond donors (Lipinski definition) is 2. The Balaban J connectivity index is 2.06. The second kappa shape index (κ2) is 6.61. The lowest BCUT2D eigenvalue weighted by Gasteiger charge is -2.08. The second-order valence-corrected chi connectivity index (χ2v) is 5.12. The van der Waals surface area contributed by atoms with E-state index in [1.54, 1.807) is 18.2 Å². The first-order valence-electron chi connectivity index (χ1n) is 6.03. The van der Waals surface area contributed by atoms with E-state index in [9.17, 15) is 9.59 Å². The highest BCUT2D eigenvalue weighted by molar-refractivity contribution is 6.36. The van der Waals surface area contributed by atoms with Crippen LogP contribution in [0.4, 0.5) is 5.69 Å². The fourth-order valence-electron chi connectivity index (χ4n) is 1.76. The Morgan fingerprint density at radius 1 is 1.00 bits per heavy atom. The van der Waals surface area contributed by atoms with E-state index in [1.807, 2.05) is 0 Å². The highest BCUT2D eigenvalue weighted by atomic mass is 35.5. The summed E-state index contributed by atoms with van der Waals surface area (Å²) < 4.78 is 0. The molecule has 0 aromatic heterocycles. The fourth-order valence-corrected chi connectivity index (χ4v) is 2.29. The van der Waals surface area contributed by atoms with Crippen LogP contribution in [0.15, 0.2) is 42.5 Å². The lowest BCUT2D eigenvalue weighted by atomic mass is 10.1. The molecule has 0 fully saturated rings. The summed E-state index contributed by atoms with van der Waals surface area (Å²) in [6, 6.07) is 10.9. The third kappa shape index (κ3) is 3.97. The maximum atomic E-state index is 12.0. The SMILES string of the molecule is O=C(Cc1c(Cl)cccc1Cl)Nc1ccc(C(=O)O)cc1.